The Labute approximate surface area is 125 Å². The molecule has 7 heteroatoms. The Bertz CT molecular complexity index is 627. The van der Waals surface area contributed by atoms with E-state index in [0.717, 1.165) is 17.3 Å². The van der Waals surface area contributed by atoms with E-state index in [-0.39, 0.29) is 10.9 Å². The van der Waals surface area contributed by atoms with Crippen LogP contribution in [0.4, 0.5) is 13.2 Å². The van der Waals surface area contributed by atoms with E-state index in [2.05, 4.69) is 5.10 Å². The Balaban J connectivity index is 1.76. The first-order chi connectivity index (χ1) is 10.2. The van der Waals surface area contributed by atoms with Gasteiger partial charge in [0.15, 0.2) is 0 Å². The fourth-order valence-corrected chi connectivity index (χ4v) is 2.71. The molecule has 1 aliphatic carbocycles. The van der Waals surface area contributed by atoms with Crippen molar-refractivity contribution >= 4 is 12.1 Å². The zero-order valence-electron chi connectivity index (χ0n) is 11.8. The highest BCUT2D eigenvalue weighted by molar-refractivity contribution is 5.85. The summed E-state index contributed by atoms with van der Waals surface area (Å²) in [7, 11) is 0. The van der Waals surface area contributed by atoms with Gasteiger partial charge in [0.25, 0.3) is 5.72 Å². The van der Waals surface area contributed by atoms with E-state index in [4.69, 9.17) is 0 Å². The van der Waals surface area contributed by atoms with Gasteiger partial charge in [0.05, 0.1) is 0 Å². The highest BCUT2D eigenvalue weighted by Gasteiger charge is 2.63. The zero-order valence-corrected chi connectivity index (χ0v) is 11.8. The molecule has 3 rings (SSSR count). The summed E-state index contributed by atoms with van der Waals surface area (Å²) in [5, 5.41) is 13.4. The van der Waals surface area contributed by atoms with Crippen LogP contribution in [0.1, 0.15) is 29.9 Å². The quantitative estimate of drug-likeness (QED) is 0.912. The maximum Gasteiger partial charge on any atom is 0.438 e. The first kappa shape index (κ1) is 15.0. The van der Waals surface area contributed by atoms with Crippen LogP contribution in [0.25, 0.3) is 0 Å². The minimum absolute atomic E-state index is 0.110. The lowest BCUT2D eigenvalue weighted by atomic mass is 10.1. The number of carbonyl (C=O) groups is 1. The molecule has 1 aliphatic heterocycles. The number of hydrogen-bond donors (Lipinski definition) is 1. The predicted molar refractivity (Wildman–Crippen MR) is 73.0 cm³/mol. The summed E-state index contributed by atoms with van der Waals surface area (Å²) in [5.74, 6) is -1.45. The van der Waals surface area contributed by atoms with Crippen LogP contribution in [-0.2, 0) is 4.79 Å². The minimum Gasteiger partial charge on any atom is -0.362 e. The lowest BCUT2D eigenvalue weighted by Crippen LogP contribution is -2.56. The number of aryl methyl sites for hydroxylation is 1. The largest absolute Gasteiger partial charge is 0.438 e. The summed E-state index contributed by atoms with van der Waals surface area (Å²) in [6, 6.07) is 7.54. The van der Waals surface area contributed by atoms with Crippen LogP contribution in [0, 0.1) is 12.8 Å². The molecule has 118 valence electrons. The number of carbonyl (C=O) groups excluding carboxylic acids is 1. The number of amides is 1. The normalized spacial score (nSPS) is 30.7. The lowest BCUT2D eigenvalue weighted by molar-refractivity contribution is -0.302. The molecule has 1 amide bonds. The molecule has 1 aromatic carbocycles. The molecule has 0 spiro atoms. The molecular weight excluding hydrogens is 297 g/mol. The Morgan fingerprint density at radius 1 is 1.36 bits per heavy atom. The topological polar surface area (TPSA) is 52.9 Å². The number of nitrogens with zero attached hydrogens (tertiary/aromatic N) is 2. The number of rotatable bonds is 2. The van der Waals surface area contributed by atoms with Crippen molar-refractivity contribution in [1.29, 1.82) is 0 Å². The van der Waals surface area contributed by atoms with Crippen LogP contribution in [0.2, 0.25) is 0 Å². The van der Waals surface area contributed by atoms with E-state index in [1.54, 1.807) is 0 Å². The van der Waals surface area contributed by atoms with E-state index in [1.165, 1.54) is 0 Å². The van der Waals surface area contributed by atoms with Crippen molar-refractivity contribution in [3.05, 3.63) is 35.4 Å². The van der Waals surface area contributed by atoms with E-state index in [9.17, 15) is 23.1 Å². The standard InChI is InChI=1S/C15H15F3N2O2/c1-9-2-4-10(5-3-9)11-8-12(11)13(21)20-14(22,6-7-19-20)15(16,17)18/h2-5,7,11-12,22H,6,8H2,1H3/t11-,12+,14-/m0/s1. The van der Waals surface area contributed by atoms with Crippen molar-refractivity contribution in [3.63, 3.8) is 0 Å². The molecule has 1 aromatic rings. The Kier molecular flexibility index (Phi) is 3.28. The minimum atomic E-state index is -4.94. The van der Waals surface area contributed by atoms with Gasteiger partial charge >= 0.3 is 6.18 Å². The molecule has 22 heavy (non-hydrogen) atoms. The fourth-order valence-electron chi connectivity index (χ4n) is 2.71. The second kappa shape index (κ2) is 4.81. The predicted octanol–water partition coefficient (Wildman–Crippen LogP) is 2.57. The van der Waals surface area contributed by atoms with Crippen LogP contribution < -0.4 is 0 Å². The van der Waals surface area contributed by atoms with Gasteiger partial charge in [-0.25, -0.2) is 0 Å². The van der Waals surface area contributed by atoms with Crippen LogP contribution >= 0.6 is 0 Å². The highest BCUT2D eigenvalue weighted by atomic mass is 19.4. The second-order valence-electron chi connectivity index (χ2n) is 5.83. The van der Waals surface area contributed by atoms with Crippen molar-refractivity contribution in [3.8, 4) is 0 Å². The maximum atomic E-state index is 13.0. The summed E-state index contributed by atoms with van der Waals surface area (Å²) < 4.78 is 38.9. The average molecular weight is 312 g/mol. The van der Waals surface area contributed by atoms with E-state index >= 15 is 0 Å². The molecule has 0 saturated heterocycles. The molecule has 0 radical (unpaired) electrons. The molecule has 1 heterocycles. The second-order valence-corrected chi connectivity index (χ2v) is 5.83. The first-order valence-electron chi connectivity index (χ1n) is 6.96. The van der Waals surface area contributed by atoms with Crippen LogP contribution in [0.3, 0.4) is 0 Å². The van der Waals surface area contributed by atoms with E-state index in [0.29, 0.717) is 6.42 Å². The third-order valence-corrected chi connectivity index (χ3v) is 4.20. The van der Waals surface area contributed by atoms with Crippen molar-refractivity contribution in [1.82, 2.24) is 5.01 Å². The molecule has 0 bridgehead atoms. The van der Waals surface area contributed by atoms with Crippen LogP contribution in [-0.4, -0.2) is 34.1 Å². The monoisotopic (exact) mass is 312 g/mol. The van der Waals surface area contributed by atoms with Crippen LogP contribution in [0.5, 0.6) is 0 Å². The fraction of sp³-hybridized carbons (Fsp3) is 0.467. The highest BCUT2D eigenvalue weighted by Crippen LogP contribution is 2.50. The van der Waals surface area contributed by atoms with Gasteiger partial charge in [-0.2, -0.15) is 23.3 Å². The summed E-state index contributed by atoms with van der Waals surface area (Å²) in [4.78, 5) is 12.3. The van der Waals surface area contributed by atoms with E-state index < -0.39 is 30.1 Å². The molecule has 0 unspecified atom stereocenters. The third-order valence-electron chi connectivity index (χ3n) is 4.20. The molecule has 3 atom stereocenters. The van der Waals surface area contributed by atoms with E-state index in [1.807, 2.05) is 31.2 Å². The SMILES string of the molecule is Cc1ccc([C@@H]2C[C@H]2C(=O)N2N=CC[C@]2(O)C(F)(F)F)cc1. The van der Waals surface area contributed by atoms with Gasteiger partial charge in [-0.05, 0) is 24.8 Å². The zero-order chi connectivity index (χ0) is 16.1. The van der Waals surface area contributed by atoms with Gasteiger partial charge in [0.2, 0.25) is 5.91 Å². The Morgan fingerprint density at radius 3 is 2.59 bits per heavy atom. The number of benzene rings is 1. The lowest BCUT2D eigenvalue weighted by Gasteiger charge is -2.32. The summed E-state index contributed by atoms with van der Waals surface area (Å²) >= 11 is 0. The van der Waals surface area contributed by atoms with Gasteiger partial charge in [0, 0.05) is 18.6 Å². The molecule has 1 N–H and O–H groups in total. The number of aliphatic hydroxyl groups is 1. The molecule has 1 saturated carbocycles. The van der Waals surface area contributed by atoms with Gasteiger partial charge in [-0.3, -0.25) is 4.79 Å². The van der Waals surface area contributed by atoms with Gasteiger partial charge < -0.3 is 5.11 Å². The van der Waals surface area contributed by atoms with Gasteiger partial charge in [0.1, 0.15) is 0 Å². The number of hydrogen-bond acceptors (Lipinski definition) is 3. The number of alkyl halides is 3. The van der Waals surface area contributed by atoms with Crippen molar-refractivity contribution in [2.45, 2.75) is 37.6 Å². The molecule has 1 fully saturated rings. The maximum absolute atomic E-state index is 13.0. The van der Waals surface area contributed by atoms with Gasteiger partial charge in [-0.1, -0.05) is 29.8 Å². The molecule has 0 aromatic heterocycles. The molecular formula is C15H15F3N2O2. The average Bonchev–Trinajstić information content (AvgIpc) is 3.13. The molecule has 4 nitrogen and oxygen atoms in total. The number of halogens is 3. The molecule has 2 aliphatic rings. The van der Waals surface area contributed by atoms with Crippen molar-refractivity contribution < 1.29 is 23.1 Å². The Hall–Kier alpha value is -1.89. The smallest absolute Gasteiger partial charge is 0.362 e. The third kappa shape index (κ3) is 2.29. The first-order valence-corrected chi connectivity index (χ1v) is 6.96. The Morgan fingerprint density at radius 2 is 2.00 bits per heavy atom. The van der Waals surface area contributed by atoms with Crippen molar-refractivity contribution in [2.24, 2.45) is 11.0 Å². The summed E-state index contributed by atoms with van der Waals surface area (Å²) in [5.41, 5.74) is -1.23. The summed E-state index contributed by atoms with van der Waals surface area (Å²) in [6.07, 6.45) is -4.27. The van der Waals surface area contributed by atoms with Gasteiger partial charge in [-0.15, -0.1) is 0 Å². The van der Waals surface area contributed by atoms with Crippen LogP contribution in [0.15, 0.2) is 29.4 Å². The number of hydrazone groups is 1. The van der Waals surface area contributed by atoms with Crippen molar-refractivity contribution in [2.75, 3.05) is 0 Å². The summed E-state index contributed by atoms with van der Waals surface area (Å²) in [6.45, 7) is 1.93.